The Balaban J connectivity index is 1.72. The van der Waals surface area contributed by atoms with Gasteiger partial charge in [-0.2, -0.15) is 0 Å². The van der Waals surface area contributed by atoms with Crippen LogP contribution in [0.5, 0.6) is 0 Å². The molecular formula is C36H41N3O4. The van der Waals surface area contributed by atoms with Crippen molar-refractivity contribution in [2.24, 2.45) is 0 Å². The standard InChI is InChI=1S/C36H41N3O4/c1-7-39(34(41)31(22-26-13-9-8-10-14-26)38-35(42)43-36(4,5)6)32(30-21-24(2)17-18-25(30)3)33(40)37-29-20-19-27-15-11-12-16-28(27)23-29/h8-21,23,31-32H,7,22H2,1-6H3,(H,37,40)(H,38,42). The number of nitrogens with one attached hydrogen (secondary N) is 2. The molecule has 43 heavy (non-hydrogen) atoms. The van der Waals surface area contributed by atoms with Crippen LogP contribution in [-0.2, 0) is 20.7 Å². The summed E-state index contributed by atoms with van der Waals surface area (Å²) >= 11 is 0. The third-order valence-corrected chi connectivity index (χ3v) is 7.20. The van der Waals surface area contributed by atoms with Gasteiger partial charge in [0.25, 0.3) is 5.91 Å². The first-order chi connectivity index (χ1) is 20.4. The van der Waals surface area contributed by atoms with E-state index in [1.807, 2.05) is 112 Å². The number of carbonyl (C=O) groups is 3. The van der Waals surface area contributed by atoms with Crippen LogP contribution in [0.25, 0.3) is 10.8 Å². The largest absolute Gasteiger partial charge is 0.444 e. The topological polar surface area (TPSA) is 87.7 Å². The van der Waals surface area contributed by atoms with Gasteiger partial charge in [-0.15, -0.1) is 0 Å². The van der Waals surface area contributed by atoms with Gasteiger partial charge in [0, 0.05) is 18.7 Å². The molecule has 0 aliphatic heterocycles. The molecular weight excluding hydrogens is 538 g/mol. The van der Waals surface area contributed by atoms with E-state index in [2.05, 4.69) is 10.6 Å². The second kappa shape index (κ2) is 13.6. The lowest BCUT2D eigenvalue weighted by molar-refractivity contribution is -0.140. The fourth-order valence-electron chi connectivity index (χ4n) is 5.15. The number of ether oxygens (including phenoxy) is 1. The summed E-state index contributed by atoms with van der Waals surface area (Å²) in [4.78, 5) is 43.0. The summed E-state index contributed by atoms with van der Waals surface area (Å²) in [5, 5.41) is 7.92. The van der Waals surface area contributed by atoms with Crippen LogP contribution >= 0.6 is 0 Å². The van der Waals surface area contributed by atoms with E-state index in [1.54, 1.807) is 25.7 Å². The molecule has 0 fully saturated rings. The Kier molecular flexibility index (Phi) is 9.86. The highest BCUT2D eigenvalue weighted by Gasteiger charge is 2.36. The second-order valence-electron chi connectivity index (χ2n) is 11.8. The van der Waals surface area contributed by atoms with E-state index < -0.39 is 23.8 Å². The van der Waals surface area contributed by atoms with Crippen LogP contribution < -0.4 is 10.6 Å². The van der Waals surface area contributed by atoms with Crippen LogP contribution in [-0.4, -0.2) is 41.0 Å². The number of hydrogen-bond donors (Lipinski definition) is 2. The molecule has 4 rings (SSSR count). The zero-order valence-electron chi connectivity index (χ0n) is 25.8. The Morgan fingerprint density at radius 3 is 2.19 bits per heavy atom. The minimum atomic E-state index is -0.960. The first-order valence-corrected chi connectivity index (χ1v) is 14.7. The Morgan fingerprint density at radius 1 is 0.837 bits per heavy atom. The summed E-state index contributed by atoms with van der Waals surface area (Å²) in [5.74, 6) is -0.716. The van der Waals surface area contributed by atoms with Crippen LogP contribution in [0.1, 0.15) is 56.0 Å². The first-order valence-electron chi connectivity index (χ1n) is 14.7. The molecule has 0 bridgehead atoms. The Labute approximate surface area is 254 Å². The van der Waals surface area contributed by atoms with Crippen molar-refractivity contribution in [2.75, 3.05) is 11.9 Å². The molecule has 224 valence electrons. The van der Waals surface area contributed by atoms with Gasteiger partial charge in [0.15, 0.2) is 0 Å². The average molecular weight is 580 g/mol. The number of nitrogens with zero attached hydrogens (tertiary/aromatic N) is 1. The highest BCUT2D eigenvalue weighted by Crippen LogP contribution is 2.29. The first kappa shape index (κ1) is 31.3. The molecule has 0 aliphatic rings. The van der Waals surface area contributed by atoms with E-state index in [4.69, 9.17) is 4.74 Å². The third-order valence-electron chi connectivity index (χ3n) is 7.20. The normalized spacial score (nSPS) is 12.7. The number of carbonyl (C=O) groups excluding carboxylic acids is 3. The lowest BCUT2D eigenvalue weighted by Crippen LogP contribution is -2.53. The SMILES string of the molecule is CCN(C(=O)C(Cc1ccccc1)NC(=O)OC(C)(C)C)C(C(=O)Nc1ccc2ccccc2c1)c1cc(C)ccc1C. The predicted molar refractivity (Wildman–Crippen MR) is 172 cm³/mol. The zero-order valence-corrected chi connectivity index (χ0v) is 25.8. The second-order valence-corrected chi connectivity index (χ2v) is 11.8. The number of likely N-dealkylation sites (N-methyl/N-ethyl adjacent to an activating group) is 1. The highest BCUT2D eigenvalue weighted by atomic mass is 16.6. The van der Waals surface area contributed by atoms with Crippen LogP contribution in [0, 0.1) is 13.8 Å². The van der Waals surface area contributed by atoms with Crippen LogP contribution in [0.3, 0.4) is 0 Å². The number of aryl methyl sites for hydroxylation is 2. The van der Waals surface area contributed by atoms with Crippen LogP contribution in [0.4, 0.5) is 10.5 Å². The van der Waals surface area contributed by atoms with Crippen molar-refractivity contribution in [3.05, 3.63) is 113 Å². The highest BCUT2D eigenvalue weighted by molar-refractivity contribution is 6.00. The van der Waals surface area contributed by atoms with Gasteiger partial charge in [0.05, 0.1) is 0 Å². The molecule has 7 nitrogen and oxygen atoms in total. The average Bonchev–Trinajstić information content (AvgIpc) is 2.96. The Hall–Kier alpha value is -4.65. The fraction of sp³-hybridized carbons (Fsp3) is 0.306. The van der Waals surface area contributed by atoms with E-state index >= 15 is 0 Å². The molecule has 2 N–H and O–H groups in total. The number of anilines is 1. The van der Waals surface area contributed by atoms with E-state index in [0.29, 0.717) is 5.69 Å². The maximum atomic E-state index is 14.4. The molecule has 0 saturated heterocycles. The van der Waals surface area contributed by atoms with Crippen molar-refractivity contribution >= 4 is 34.4 Å². The van der Waals surface area contributed by atoms with Gasteiger partial charge < -0.3 is 20.3 Å². The monoisotopic (exact) mass is 579 g/mol. The van der Waals surface area contributed by atoms with Crippen LogP contribution in [0.2, 0.25) is 0 Å². The number of alkyl carbamates (subject to hydrolysis) is 1. The van der Waals surface area contributed by atoms with E-state index in [9.17, 15) is 14.4 Å². The van der Waals surface area contributed by atoms with Crippen molar-refractivity contribution in [3.8, 4) is 0 Å². The van der Waals surface area contributed by atoms with Crippen molar-refractivity contribution in [3.63, 3.8) is 0 Å². The lowest BCUT2D eigenvalue weighted by Gasteiger charge is -2.34. The summed E-state index contributed by atoms with van der Waals surface area (Å²) in [6.45, 7) is 11.3. The lowest BCUT2D eigenvalue weighted by atomic mass is 9.95. The zero-order chi connectivity index (χ0) is 31.1. The fourth-order valence-corrected chi connectivity index (χ4v) is 5.15. The molecule has 2 atom stereocenters. The summed E-state index contributed by atoms with van der Waals surface area (Å²) in [5.41, 5.74) is 3.35. The maximum Gasteiger partial charge on any atom is 0.408 e. The molecule has 7 heteroatoms. The number of hydrogen-bond acceptors (Lipinski definition) is 4. The minimum Gasteiger partial charge on any atom is -0.444 e. The van der Waals surface area contributed by atoms with Gasteiger partial charge in [-0.1, -0.05) is 84.4 Å². The van der Waals surface area contributed by atoms with Crippen molar-refractivity contribution in [1.82, 2.24) is 10.2 Å². The van der Waals surface area contributed by atoms with Gasteiger partial charge in [-0.25, -0.2) is 4.79 Å². The molecule has 0 heterocycles. The molecule has 4 aromatic carbocycles. The number of rotatable bonds is 9. The smallest absolute Gasteiger partial charge is 0.408 e. The Morgan fingerprint density at radius 2 is 1.51 bits per heavy atom. The third kappa shape index (κ3) is 8.22. The van der Waals surface area contributed by atoms with Gasteiger partial charge >= 0.3 is 6.09 Å². The number of amides is 3. The summed E-state index contributed by atoms with van der Waals surface area (Å²) < 4.78 is 5.51. The van der Waals surface area contributed by atoms with Gasteiger partial charge in [-0.05, 0) is 81.1 Å². The molecule has 2 unspecified atom stereocenters. The molecule has 0 aliphatic carbocycles. The minimum absolute atomic E-state index is 0.237. The van der Waals surface area contributed by atoms with E-state index in [-0.39, 0.29) is 24.8 Å². The Bertz CT molecular complexity index is 1590. The molecule has 0 saturated carbocycles. The quantitative estimate of drug-likeness (QED) is 0.221. The van der Waals surface area contributed by atoms with Crippen LogP contribution in [0.15, 0.2) is 91.0 Å². The van der Waals surface area contributed by atoms with E-state index in [1.165, 1.54) is 0 Å². The maximum absolute atomic E-state index is 14.4. The molecule has 3 amide bonds. The molecule has 0 aromatic heterocycles. The molecule has 0 radical (unpaired) electrons. The number of benzene rings is 4. The van der Waals surface area contributed by atoms with Crippen molar-refractivity contribution < 1.29 is 19.1 Å². The van der Waals surface area contributed by atoms with Crippen molar-refractivity contribution in [2.45, 2.75) is 65.6 Å². The summed E-state index contributed by atoms with van der Waals surface area (Å²) in [7, 11) is 0. The predicted octanol–water partition coefficient (Wildman–Crippen LogP) is 7.12. The van der Waals surface area contributed by atoms with Gasteiger partial charge in [0.2, 0.25) is 5.91 Å². The molecule has 4 aromatic rings. The number of fused-ring (bicyclic) bond motifs is 1. The summed E-state index contributed by atoms with van der Waals surface area (Å²) in [6.07, 6.45) is -0.456. The van der Waals surface area contributed by atoms with Gasteiger partial charge in [0.1, 0.15) is 17.7 Å². The molecule has 0 spiro atoms. The van der Waals surface area contributed by atoms with Gasteiger partial charge in [-0.3, -0.25) is 9.59 Å². The van der Waals surface area contributed by atoms with E-state index in [0.717, 1.165) is 33.0 Å². The summed E-state index contributed by atoms with van der Waals surface area (Å²) in [6, 6.07) is 27.1. The van der Waals surface area contributed by atoms with Crippen molar-refractivity contribution in [1.29, 1.82) is 0 Å².